The van der Waals surface area contributed by atoms with Gasteiger partial charge < -0.3 is 15.2 Å². The normalized spacial score (nSPS) is 11.2. The van der Waals surface area contributed by atoms with Crippen molar-refractivity contribution in [2.24, 2.45) is 5.41 Å². The van der Waals surface area contributed by atoms with Crippen molar-refractivity contribution in [1.29, 1.82) is 0 Å². The number of rotatable bonds is 5. The van der Waals surface area contributed by atoms with E-state index in [1.165, 1.54) is 0 Å². The molecule has 19 heavy (non-hydrogen) atoms. The van der Waals surface area contributed by atoms with Gasteiger partial charge in [0.2, 0.25) is 0 Å². The Kier molecular flexibility index (Phi) is 5.21. The molecule has 0 aliphatic carbocycles. The third kappa shape index (κ3) is 5.20. The zero-order valence-electron chi connectivity index (χ0n) is 12.2. The fourth-order valence-electron chi connectivity index (χ4n) is 1.50. The van der Waals surface area contributed by atoms with Gasteiger partial charge in [0.05, 0.1) is 24.5 Å². The lowest BCUT2D eigenvalue weighted by Crippen LogP contribution is -2.13. The Labute approximate surface area is 114 Å². The first-order chi connectivity index (χ1) is 8.83. The quantitative estimate of drug-likeness (QED) is 0.655. The predicted molar refractivity (Wildman–Crippen MR) is 76.4 cm³/mol. The van der Waals surface area contributed by atoms with E-state index in [0.717, 1.165) is 6.42 Å². The van der Waals surface area contributed by atoms with Crippen LogP contribution in [0.2, 0.25) is 0 Å². The number of anilines is 1. The van der Waals surface area contributed by atoms with Crippen molar-refractivity contribution in [3.05, 3.63) is 23.8 Å². The SMILES string of the molecule is CCOc1ccc(C(=O)OCCC(C)(C)C)cc1N. The standard InChI is InChI=1S/C15H23NO3/c1-5-18-13-7-6-11(10-12(13)16)14(17)19-9-8-15(2,3)4/h6-7,10H,5,8-9,16H2,1-4H3. The lowest BCUT2D eigenvalue weighted by molar-refractivity contribution is 0.0465. The molecule has 0 aliphatic heterocycles. The first-order valence-electron chi connectivity index (χ1n) is 6.53. The highest BCUT2D eigenvalue weighted by Crippen LogP contribution is 2.23. The molecule has 4 nitrogen and oxygen atoms in total. The van der Waals surface area contributed by atoms with E-state index in [0.29, 0.717) is 30.2 Å². The molecule has 0 radical (unpaired) electrons. The van der Waals surface area contributed by atoms with Crippen LogP contribution in [0.15, 0.2) is 18.2 Å². The highest BCUT2D eigenvalue weighted by Gasteiger charge is 2.13. The lowest BCUT2D eigenvalue weighted by atomic mass is 9.93. The molecule has 106 valence electrons. The van der Waals surface area contributed by atoms with Crippen molar-refractivity contribution in [2.75, 3.05) is 18.9 Å². The second kappa shape index (κ2) is 6.45. The number of carbonyl (C=O) groups is 1. The lowest BCUT2D eigenvalue weighted by Gasteiger charge is -2.17. The van der Waals surface area contributed by atoms with E-state index in [1.54, 1.807) is 18.2 Å². The number of benzene rings is 1. The Hall–Kier alpha value is -1.71. The molecular weight excluding hydrogens is 242 g/mol. The van der Waals surface area contributed by atoms with Crippen LogP contribution in [-0.4, -0.2) is 19.2 Å². The molecule has 0 aliphatic rings. The summed E-state index contributed by atoms with van der Waals surface area (Å²) in [5, 5.41) is 0. The Balaban J connectivity index is 2.60. The summed E-state index contributed by atoms with van der Waals surface area (Å²) in [7, 11) is 0. The third-order valence-corrected chi connectivity index (χ3v) is 2.63. The van der Waals surface area contributed by atoms with E-state index in [2.05, 4.69) is 20.8 Å². The van der Waals surface area contributed by atoms with Crippen LogP contribution in [0.5, 0.6) is 5.75 Å². The van der Waals surface area contributed by atoms with E-state index in [-0.39, 0.29) is 11.4 Å². The Morgan fingerprint density at radius 2 is 2.00 bits per heavy atom. The molecule has 4 heteroatoms. The minimum absolute atomic E-state index is 0.151. The highest BCUT2D eigenvalue weighted by molar-refractivity contribution is 5.91. The summed E-state index contributed by atoms with van der Waals surface area (Å²) in [5.41, 5.74) is 6.87. The molecule has 1 aromatic rings. The summed E-state index contributed by atoms with van der Waals surface area (Å²) in [5.74, 6) is 0.243. The fourth-order valence-corrected chi connectivity index (χ4v) is 1.50. The molecule has 0 amide bonds. The molecule has 0 bridgehead atoms. The van der Waals surface area contributed by atoms with Crippen LogP contribution in [-0.2, 0) is 4.74 Å². The van der Waals surface area contributed by atoms with Crippen LogP contribution < -0.4 is 10.5 Å². The summed E-state index contributed by atoms with van der Waals surface area (Å²) >= 11 is 0. The van der Waals surface area contributed by atoms with Crippen molar-refractivity contribution in [3.8, 4) is 5.75 Å². The number of nitrogen functional groups attached to an aromatic ring is 1. The Morgan fingerprint density at radius 3 is 2.53 bits per heavy atom. The molecule has 0 fully saturated rings. The van der Waals surface area contributed by atoms with Crippen molar-refractivity contribution in [2.45, 2.75) is 34.1 Å². The van der Waals surface area contributed by atoms with Crippen molar-refractivity contribution in [3.63, 3.8) is 0 Å². The number of ether oxygens (including phenoxy) is 2. The summed E-state index contributed by atoms with van der Waals surface area (Å²) in [6.45, 7) is 9.16. The van der Waals surface area contributed by atoms with E-state index in [4.69, 9.17) is 15.2 Å². The van der Waals surface area contributed by atoms with Crippen molar-refractivity contribution < 1.29 is 14.3 Å². The summed E-state index contributed by atoms with van der Waals surface area (Å²) < 4.78 is 10.5. The molecule has 0 heterocycles. The van der Waals surface area contributed by atoms with Crippen LogP contribution >= 0.6 is 0 Å². The number of esters is 1. The van der Waals surface area contributed by atoms with Crippen LogP contribution in [0.3, 0.4) is 0 Å². The topological polar surface area (TPSA) is 61.5 Å². The van der Waals surface area contributed by atoms with E-state index in [1.807, 2.05) is 6.92 Å². The maximum absolute atomic E-state index is 11.8. The number of carbonyl (C=O) groups excluding carboxylic acids is 1. The number of nitrogens with two attached hydrogens (primary N) is 1. The summed E-state index contributed by atoms with van der Waals surface area (Å²) in [6.07, 6.45) is 0.825. The largest absolute Gasteiger partial charge is 0.492 e. The predicted octanol–water partition coefficient (Wildman–Crippen LogP) is 3.26. The van der Waals surface area contributed by atoms with Crippen LogP contribution in [0, 0.1) is 5.41 Å². The highest BCUT2D eigenvalue weighted by atomic mass is 16.5. The van der Waals surface area contributed by atoms with Crippen LogP contribution in [0.1, 0.15) is 44.5 Å². The molecule has 0 spiro atoms. The van der Waals surface area contributed by atoms with Gasteiger partial charge in [0.15, 0.2) is 0 Å². The van der Waals surface area contributed by atoms with E-state index < -0.39 is 0 Å². The summed E-state index contributed by atoms with van der Waals surface area (Å²) in [4.78, 5) is 11.8. The van der Waals surface area contributed by atoms with Gasteiger partial charge in [-0.05, 0) is 37.0 Å². The minimum Gasteiger partial charge on any atom is -0.492 e. The van der Waals surface area contributed by atoms with Crippen molar-refractivity contribution in [1.82, 2.24) is 0 Å². The average molecular weight is 265 g/mol. The third-order valence-electron chi connectivity index (χ3n) is 2.63. The Bertz CT molecular complexity index is 436. The first-order valence-corrected chi connectivity index (χ1v) is 6.53. The first kappa shape index (κ1) is 15.3. The number of hydrogen-bond donors (Lipinski definition) is 1. The molecule has 0 unspecified atom stereocenters. The molecule has 0 saturated carbocycles. The molecule has 2 N–H and O–H groups in total. The molecule has 0 aromatic heterocycles. The van der Waals surface area contributed by atoms with Crippen LogP contribution in [0.4, 0.5) is 5.69 Å². The average Bonchev–Trinajstić information content (AvgIpc) is 2.30. The van der Waals surface area contributed by atoms with Gasteiger partial charge >= 0.3 is 5.97 Å². The molecule has 0 atom stereocenters. The van der Waals surface area contributed by atoms with Crippen LogP contribution in [0.25, 0.3) is 0 Å². The zero-order chi connectivity index (χ0) is 14.5. The fraction of sp³-hybridized carbons (Fsp3) is 0.533. The van der Waals surface area contributed by atoms with Gasteiger partial charge in [0, 0.05) is 0 Å². The zero-order valence-corrected chi connectivity index (χ0v) is 12.2. The molecule has 0 saturated heterocycles. The van der Waals surface area contributed by atoms with Crippen molar-refractivity contribution >= 4 is 11.7 Å². The summed E-state index contributed by atoms with van der Waals surface area (Å²) in [6, 6.07) is 4.95. The van der Waals surface area contributed by atoms with E-state index in [9.17, 15) is 4.79 Å². The second-order valence-electron chi connectivity index (χ2n) is 5.63. The number of hydrogen-bond acceptors (Lipinski definition) is 4. The Morgan fingerprint density at radius 1 is 1.32 bits per heavy atom. The van der Waals surface area contributed by atoms with Gasteiger partial charge in [0.1, 0.15) is 5.75 Å². The van der Waals surface area contributed by atoms with Gasteiger partial charge in [-0.1, -0.05) is 20.8 Å². The van der Waals surface area contributed by atoms with Gasteiger partial charge in [-0.2, -0.15) is 0 Å². The molecular formula is C15H23NO3. The van der Waals surface area contributed by atoms with Gasteiger partial charge in [-0.25, -0.2) is 4.79 Å². The smallest absolute Gasteiger partial charge is 0.338 e. The maximum atomic E-state index is 11.8. The monoisotopic (exact) mass is 265 g/mol. The van der Waals surface area contributed by atoms with Gasteiger partial charge in [-0.15, -0.1) is 0 Å². The van der Waals surface area contributed by atoms with Gasteiger partial charge in [-0.3, -0.25) is 0 Å². The minimum atomic E-state index is -0.348. The van der Waals surface area contributed by atoms with E-state index >= 15 is 0 Å². The maximum Gasteiger partial charge on any atom is 0.338 e. The second-order valence-corrected chi connectivity index (χ2v) is 5.63. The molecule has 1 aromatic carbocycles. The molecule has 1 rings (SSSR count). The van der Waals surface area contributed by atoms with Gasteiger partial charge in [0.25, 0.3) is 0 Å².